The summed E-state index contributed by atoms with van der Waals surface area (Å²) in [5.41, 5.74) is 1.21. The molecule has 0 aromatic heterocycles. The van der Waals surface area contributed by atoms with Gasteiger partial charge in [0, 0.05) is 13.1 Å². The van der Waals surface area contributed by atoms with E-state index in [2.05, 4.69) is 10.6 Å². The number of methoxy groups -OCH3 is 1. The zero-order valence-corrected chi connectivity index (χ0v) is 17.0. The Balaban J connectivity index is 2.06. The molecule has 0 radical (unpaired) electrons. The van der Waals surface area contributed by atoms with Crippen LogP contribution in [0.5, 0.6) is 5.75 Å². The third-order valence-corrected chi connectivity index (χ3v) is 4.68. The maximum absolute atomic E-state index is 14.3. The highest BCUT2D eigenvalue weighted by atomic mass is 19.1. The number of halogens is 1. The van der Waals surface area contributed by atoms with Crippen LogP contribution in [0.2, 0.25) is 0 Å². The van der Waals surface area contributed by atoms with Gasteiger partial charge in [-0.25, -0.2) is 9.18 Å². The minimum absolute atomic E-state index is 0.108. The van der Waals surface area contributed by atoms with Gasteiger partial charge in [0.05, 0.1) is 18.7 Å². The predicted molar refractivity (Wildman–Crippen MR) is 108 cm³/mol. The summed E-state index contributed by atoms with van der Waals surface area (Å²) in [7, 11) is 1.49. The van der Waals surface area contributed by atoms with Gasteiger partial charge >= 0.3 is 6.03 Å². The number of carbonyl (C=O) groups is 2. The number of amides is 3. The van der Waals surface area contributed by atoms with Crippen molar-refractivity contribution in [1.82, 2.24) is 15.5 Å². The Bertz CT molecular complexity index is 817. The van der Waals surface area contributed by atoms with E-state index < -0.39 is 6.04 Å². The summed E-state index contributed by atoms with van der Waals surface area (Å²) in [4.78, 5) is 26.5. The fourth-order valence-corrected chi connectivity index (χ4v) is 3.26. The van der Waals surface area contributed by atoms with Crippen molar-refractivity contribution >= 4 is 17.5 Å². The standard InChI is InChI=1S/C21H27FN4O3/c1-14(2)13-17(20(27)24-10-9-23)25-21(28)26-11-7-15(8-12-26)19-16(22)5-4-6-18(19)29-3/h4-7,14,17H,8,10-13H2,1-3H3,(H,24,27)(H,25,28). The Morgan fingerprint density at radius 3 is 2.72 bits per heavy atom. The summed E-state index contributed by atoms with van der Waals surface area (Å²) in [6, 6.07) is 5.45. The molecule has 2 rings (SSSR count). The van der Waals surface area contributed by atoms with E-state index in [1.807, 2.05) is 19.9 Å². The molecule has 0 saturated heterocycles. The van der Waals surface area contributed by atoms with Crippen molar-refractivity contribution in [2.75, 3.05) is 26.7 Å². The second kappa shape index (κ2) is 10.5. The largest absolute Gasteiger partial charge is 0.496 e. The van der Waals surface area contributed by atoms with Gasteiger partial charge in [0.25, 0.3) is 0 Å². The molecular formula is C21H27FN4O3. The van der Waals surface area contributed by atoms with Crippen LogP contribution >= 0.6 is 0 Å². The molecule has 8 heteroatoms. The number of ether oxygens (including phenoxy) is 1. The molecule has 1 unspecified atom stereocenters. The van der Waals surface area contributed by atoms with Crippen LogP contribution in [0, 0.1) is 23.1 Å². The topological polar surface area (TPSA) is 94.5 Å². The molecule has 29 heavy (non-hydrogen) atoms. The van der Waals surface area contributed by atoms with Gasteiger partial charge < -0.3 is 20.3 Å². The van der Waals surface area contributed by atoms with Crippen LogP contribution in [-0.4, -0.2) is 49.6 Å². The van der Waals surface area contributed by atoms with E-state index in [-0.39, 0.29) is 30.2 Å². The molecule has 156 valence electrons. The van der Waals surface area contributed by atoms with E-state index in [9.17, 15) is 14.0 Å². The Morgan fingerprint density at radius 2 is 2.14 bits per heavy atom. The maximum atomic E-state index is 14.3. The highest BCUT2D eigenvalue weighted by molar-refractivity contribution is 5.87. The molecule has 3 amide bonds. The number of nitrogens with one attached hydrogen (secondary N) is 2. The summed E-state index contributed by atoms with van der Waals surface area (Å²) >= 11 is 0. The predicted octanol–water partition coefficient (Wildman–Crippen LogP) is 2.69. The van der Waals surface area contributed by atoms with E-state index in [1.54, 1.807) is 23.1 Å². The minimum Gasteiger partial charge on any atom is -0.496 e. The van der Waals surface area contributed by atoms with Crippen LogP contribution < -0.4 is 15.4 Å². The van der Waals surface area contributed by atoms with Gasteiger partial charge in [0.2, 0.25) is 5.91 Å². The molecule has 1 aromatic rings. The lowest BCUT2D eigenvalue weighted by molar-refractivity contribution is -0.123. The van der Waals surface area contributed by atoms with Crippen molar-refractivity contribution in [3.05, 3.63) is 35.7 Å². The third kappa shape index (κ3) is 5.95. The molecule has 1 heterocycles. The van der Waals surface area contributed by atoms with E-state index >= 15 is 0 Å². The molecule has 0 aliphatic carbocycles. The first-order valence-corrected chi connectivity index (χ1v) is 9.59. The van der Waals surface area contributed by atoms with Crippen LogP contribution in [0.1, 0.15) is 32.3 Å². The van der Waals surface area contributed by atoms with Crippen molar-refractivity contribution < 1.29 is 18.7 Å². The molecule has 1 aliphatic heterocycles. The lowest BCUT2D eigenvalue weighted by Gasteiger charge is -2.29. The highest BCUT2D eigenvalue weighted by Gasteiger charge is 2.26. The Kier molecular flexibility index (Phi) is 8.01. The molecule has 0 bridgehead atoms. The molecule has 0 spiro atoms. The summed E-state index contributed by atoms with van der Waals surface area (Å²) in [5.74, 6) is -0.0904. The van der Waals surface area contributed by atoms with Crippen LogP contribution in [-0.2, 0) is 4.79 Å². The molecule has 1 aliphatic rings. The zero-order valence-electron chi connectivity index (χ0n) is 17.0. The second-order valence-electron chi connectivity index (χ2n) is 7.25. The van der Waals surface area contributed by atoms with Gasteiger partial charge in [-0.2, -0.15) is 5.26 Å². The number of hydrogen-bond acceptors (Lipinski definition) is 4. The summed E-state index contributed by atoms with van der Waals surface area (Å²) in [6.07, 6.45) is 2.74. The number of carbonyl (C=O) groups excluding carboxylic acids is 2. The summed E-state index contributed by atoms with van der Waals surface area (Å²) in [5, 5.41) is 13.9. The number of hydrogen-bond donors (Lipinski definition) is 2. The SMILES string of the molecule is COc1cccc(F)c1C1=CCN(C(=O)NC(CC(C)C)C(=O)NCC#N)CC1. The molecule has 1 atom stereocenters. The van der Waals surface area contributed by atoms with E-state index in [0.29, 0.717) is 37.2 Å². The van der Waals surface area contributed by atoms with Gasteiger partial charge in [0.1, 0.15) is 24.2 Å². The van der Waals surface area contributed by atoms with Crippen molar-refractivity contribution in [1.29, 1.82) is 5.26 Å². The number of urea groups is 1. The van der Waals surface area contributed by atoms with Crippen LogP contribution in [0.25, 0.3) is 5.57 Å². The van der Waals surface area contributed by atoms with E-state index in [1.165, 1.54) is 13.2 Å². The van der Waals surface area contributed by atoms with E-state index in [0.717, 1.165) is 5.57 Å². The van der Waals surface area contributed by atoms with Crippen molar-refractivity contribution in [2.45, 2.75) is 32.7 Å². The first kappa shape index (κ1) is 22.2. The summed E-state index contributed by atoms with van der Waals surface area (Å²) in [6.45, 7) is 4.49. The second-order valence-corrected chi connectivity index (χ2v) is 7.25. The Labute approximate surface area is 170 Å². The fraction of sp³-hybridized carbons (Fsp3) is 0.476. The number of rotatable bonds is 7. The van der Waals surface area contributed by atoms with Crippen molar-refractivity contribution in [3.63, 3.8) is 0 Å². The summed E-state index contributed by atoms with van der Waals surface area (Å²) < 4.78 is 19.5. The number of nitriles is 1. The lowest BCUT2D eigenvalue weighted by atomic mass is 9.98. The Hall–Kier alpha value is -3.08. The highest BCUT2D eigenvalue weighted by Crippen LogP contribution is 2.32. The van der Waals surface area contributed by atoms with Crippen molar-refractivity contribution in [2.24, 2.45) is 5.92 Å². The van der Waals surface area contributed by atoms with Gasteiger partial charge in [-0.3, -0.25) is 4.79 Å². The monoisotopic (exact) mass is 402 g/mol. The average Bonchev–Trinajstić information content (AvgIpc) is 2.71. The third-order valence-electron chi connectivity index (χ3n) is 4.68. The molecular weight excluding hydrogens is 375 g/mol. The van der Waals surface area contributed by atoms with Gasteiger partial charge in [-0.05, 0) is 36.5 Å². The number of nitrogens with zero attached hydrogens (tertiary/aromatic N) is 2. The van der Waals surface area contributed by atoms with Crippen LogP contribution in [0.3, 0.4) is 0 Å². The molecule has 7 nitrogen and oxygen atoms in total. The van der Waals surface area contributed by atoms with Crippen LogP contribution in [0.4, 0.5) is 9.18 Å². The fourth-order valence-electron chi connectivity index (χ4n) is 3.26. The maximum Gasteiger partial charge on any atom is 0.318 e. The Morgan fingerprint density at radius 1 is 1.38 bits per heavy atom. The first-order valence-electron chi connectivity index (χ1n) is 9.59. The average molecular weight is 402 g/mol. The van der Waals surface area contributed by atoms with Crippen LogP contribution in [0.15, 0.2) is 24.3 Å². The number of benzene rings is 1. The molecule has 0 fully saturated rings. The van der Waals surface area contributed by atoms with Gasteiger partial charge in [-0.1, -0.05) is 26.0 Å². The van der Waals surface area contributed by atoms with Crippen molar-refractivity contribution in [3.8, 4) is 11.8 Å². The quantitative estimate of drug-likeness (QED) is 0.686. The first-order chi connectivity index (χ1) is 13.9. The molecule has 0 saturated carbocycles. The normalized spacial score (nSPS) is 14.6. The van der Waals surface area contributed by atoms with Gasteiger partial charge in [0.15, 0.2) is 0 Å². The molecule has 2 N–H and O–H groups in total. The van der Waals surface area contributed by atoms with E-state index in [4.69, 9.17) is 10.00 Å². The van der Waals surface area contributed by atoms with Gasteiger partial charge in [-0.15, -0.1) is 0 Å². The lowest BCUT2D eigenvalue weighted by Crippen LogP contribution is -2.52. The molecule has 1 aromatic carbocycles. The zero-order chi connectivity index (χ0) is 21.4. The minimum atomic E-state index is -0.715. The smallest absolute Gasteiger partial charge is 0.318 e.